The van der Waals surface area contributed by atoms with Crippen molar-refractivity contribution in [2.45, 2.75) is 71.6 Å². The number of rotatable bonds is 10. The SMILES string of the molecule is CCCCC[C@H]1CC[C@H](COc2cnc(-c3ccc(OC(=O)CC)c(Br)c3)nc2)CC1. The van der Waals surface area contributed by atoms with Gasteiger partial charge in [0.1, 0.15) is 5.75 Å². The van der Waals surface area contributed by atoms with Gasteiger partial charge in [0.15, 0.2) is 11.6 Å². The number of benzene rings is 1. The van der Waals surface area contributed by atoms with E-state index in [0.717, 1.165) is 18.1 Å². The third kappa shape index (κ3) is 7.30. The molecular weight excluding hydrogens is 456 g/mol. The summed E-state index contributed by atoms with van der Waals surface area (Å²) in [5.41, 5.74) is 0.844. The molecule has 1 aromatic heterocycles. The summed E-state index contributed by atoms with van der Waals surface area (Å²) in [6.07, 6.45) is 14.5. The Hall–Kier alpha value is -1.95. The van der Waals surface area contributed by atoms with E-state index < -0.39 is 0 Å². The number of aromatic nitrogens is 2. The van der Waals surface area contributed by atoms with Gasteiger partial charge in [0.25, 0.3) is 0 Å². The molecule has 1 heterocycles. The molecule has 3 rings (SSSR count). The minimum Gasteiger partial charge on any atom is -0.490 e. The van der Waals surface area contributed by atoms with Crippen LogP contribution in [0.25, 0.3) is 11.4 Å². The predicted molar refractivity (Wildman–Crippen MR) is 126 cm³/mol. The molecular formula is C25H33BrN2O3. The number of ether oxygens (including phenoxy) is 2. The molecule has 0 saturated heterocycles. The van der Waals surface area contributed by atoms with Gasteiger partial charge in [-0.3, -0.25) is 4.79 Å². The Bertz CT molecular complexity index is 833. The van der Waals surface area contributed by atoms with Crippen molar-refractivity contribution in [2.24, 2.45) is 11.8 Å². The number of hydrogen-bond acceptors (Lipinski definition) is 5. The first-order valence-electron chi connectivity index (χ1n) is 11.5. The van der Waals surface area contributed by atoms with E-state index in [9.17, 15) is 4.79 Å². The van der Waals surface area contributed by atoms with Gasteiger partial charge >= 0.3 is 5.97 Å². The standard InChI is InChI=1S/C25H33BrN2O3/c1-3-5-6-7-18-8-10-19(11-9-18)17-30-21-15-27-25(28-16-21)20-12-13-23(22(26)14-20)31-24(29)4-2/h12-16,18-19H,3-11,17H2,1-2H3/t18-,19-. The van der Waals surface area contributed by atoms with Gasteiger partial charge in [0, 0.05) is 12.0 Å². The molecule has 31 heavy (non-hydrogen) atoms. The van der Waals surface area contributed by atoms with Crippen LogP contribution < -0.4 is 9.47 Å². The van der Waals surface area contributed by atoms with Crippen LogP contribution in [0.1, 0.15) is 71.6 Å². The van der Waals surface area contributed by atoms with Crippen molar-refractivity contribution in [1.82, 2.24) is 9.97 Å². The molecule has 5 nitrogen and oxygen atoms in total. The molecule has 0 spiro atoms. The summed E-state index contributed by atoms with van der Waals surface area (Å²) in [7, 11) is 0. The van der Waals surface area contributed by atoms with Gasteiger partial charge in [-0.05, 0) is 58.8 Å². The van der Waals surface area contributed by atoms with Crippen LogP contribution in [0, 0.1) is 11.8 Å². The lowest BCUT2D eigenvalue weighted by Gasteiger charge is -2.28. The van der Waals surface area contributed by atoms with Gasteiger partial charge < -0.3 is 9.47 Å². The minimum absolute atomic E-state index is 0.267. The highest BCUT2D eigenvalue weighted by Crippen LogP contribution is 2.33. The fourth-order valence-electron chi connectivity index (χ4n) is 4.04. The normalized spacial score (nSPS) is 18.5. The second-order valence-electron chi connectivity index (χ2n) is 8.41. The number of halogens is 1. The number of hydrogen-bond donors (Lipinski definition) is 0. The molecule has 168 valence electrons. The molecule has 1 saturated carbocycles. The molecule has 0 amide bonds. The first kappa shape index (κ1) is 23.7. The van der Waals surface area contributed by atoms with Gasteiger partial charge in [-0.1, -0.05) is 52.4 Å². The fourth-order valence-corrected chi connectivity index (χ4v) is 4.50. The maximum absolute atomic E-state index is 11.5. The number of esters is 1. The van der Waals surface area contributed by atoms with Crippen molar-refractivity contribution in [1.29, 1.82) is 0 Å². The van der Waals surface area contributed by atoms with E-state index in [-0.39, 0.29) is 5.97 Å². The monoisotopic (exact) mass is 488 g/mol. The molecule has 1 fully saturated rings. The lowest BCUT2D eigenvalue weighted by molar-refractivity contribution is -0.134. The van der Waals surface area contributed by atoms with E-state index >= 15 is 0 Å². The van der Waals surface area contributed by atoms with Gasteiger partial charge in [0.05, 0.1) is 23.5 Å². The maximum atomic E-state index is 11.5. The molecule has 0 radical (unpaired) electrons. The van der Waals surface area contributed by atoms with Crippen molar-refractivity contribution >= 4 is 21.9 Å². The van der Waals surface area contributed by atoms with Crippen LogP contribution in [-0.2, 0) is 4.79 Å². The highest BCUT2D eigenvalue weighted by molar-refractivity contribution is 9.10. The zero-order chi connectivity index (χ0) is 22.1. The quantitative estimate of drug-likeness (QED) is 0.205. The highest BCUT2D eigenvalue weighted by atomic mass is 79.9. The van der Waals surface area contributed by atoms with Crippen molar-refractivity contribution in [3.63, 3.8) is 0 Å². The average Bonchev–Trinajstić information content (AvgIpc) is 2.80. The van der Waals surface area contributed by atoms with E-state index in [1.54, 1.807) is 25.4 Å². The highest BCUT2D eigenvalue weighted by Gasteiger charge is 2.21. The minimum atomic E-state index is -0.267. The second-order valence-corrected chi connectivity index (χ2v) is 9.26. The number of carbonyl (C=O) groups is 1. The van der Waals surface area contributed by atoms with E-state index in [2.05, 4.69) is 32.8 Å². The van der Waals surface area contributed by atoms with Crippen LogP contribution in [0.4, 0.5) is 0 Å². The van der Waals surface area contributed by atoms with E-state index in [1.807, 2.05) is 12.1 Å². The smallest absolute Gasteiger partial charge is 0.310 e. The molecule has 1 aromatic carbocycles. The first-order chi connectivity index (χ1) is 15.1. The lowest BCUT2D eigenvalue weighted by Crippen LogP contribution is -2.20. The van der Waals surface area contributed by atoms with E-state index in [4.69, 9.17) is 9.47 Å². The maximum Gasteiger partial charge on any atom is 0.310 e. The molecule has 0 atom stereocenters. The Kier molecular flexibility index (Phi) is 9.31. The van der Waals surface area contributed by atoms with Crippen LogP contribution in [-0.4, -0.2) is 22.5 Å². The van der Waals surface area contributed by atoms with E-state index in [0.29, 0.717) is 34.1 Å². The summed E-state index contributed by atoms with van der Waals surface area (Å²) in [6.45, 7) is 4.78. The van der Waals surface area contributed by atoms with Crippen LogP contribution in [0.5, 0.6) is 11.5 Å². The molecule has 0 N–H and O–H groups in total. The molecule has 2 aromatic rings. The molecule has 1 aliphatic carbocycles. The van der Waals surface area contributed by atoms with E-state index in [1.165, 1.54) is 51.4 Å². The van der Waals surface area contributed by atoms with Crippen molar-refractivity contribution in [3.05, 3.63) is 35.1 Å². The summed E-state index contributed by atoms with van der Waals surface area (Å²) in [5, 5.41) is 0. The average molecular weight is 489 g/mol. The molecule has 0 bridgehead atoms. The lowest BCUT2D eigenvalue weighted by atomic mass is 9.80. The number of carbonyl (C=O) groups excluding carboxylic acids is 1. The molecule has 6 heteroatoms. The summed E-state index contributed by atoms with van der Waals surface area (Å²) in [6, 6.07) is 5.45. The Labute approximate surface area is 194 Å². The third-order valence-electron chi connectivity index (χ3n) is 6.00. The molecule has 0 unspecified atom stereocenters. The summed E-state index contributed by atoms with van der Waals surface area (Å²) >= 11 is 3.45. The van der Waals surface area contributed by atoms with Crippen molar-refractivity contribution in [3.8, 4) is 22.9 Å². The topological polar surface area (TPSA) is 61.3 Å². The molecule has 1 aliphatic rings. The Morgan fingerprint density at radius 2 is 1.77 bits per heavy atom. The van der Waals surface area contributed by atoms with Gasteiger partial charge in [0.2, 0.25) is 0 Å². The second kappa shape index (κ2) is 12.2. The van der Waals surface area contributed by atoms with Crippen LogP contribution in [0.15, 0.2) is 35.1 Å². The number of nitrogens with zero attached hydrogens (tertiary/aromatic N) is 2. The van der Waals surface area contributed by atoms with Crippen molar-refractivity contribution in [2.75, 3.05) is 6.61 Å². The van der Waals surface area contributed by atoms with Gasteiger partial charge in [-0.15, -0.1) is 0 Å². The van der Waals surface area contributed by atoms with Crippen LogP contribution >= 0.6 is 15.9 Å². The van der Waals surface area contributed by atoms with Gasteiger partial charge in [-0.25, -0.2) is 9.97 Å². The number of unbranched alkanes of at least 4 members (excludes halogenated alkanes) is 2. The van der Waals surface area contributed by atoms with Crippen molar-refractivity contribution < 1.29 is 14.3 Å². The first-order valence-corrected chi connectivity index (χ1v) is 12.3. The Morgan fingerprint density at radius 3 is 2.42 bits per heavy atom. The van der Waals surface area contributed by atoms with Gasteiger partial charge in [-0.2, -0.15) is 0 Å². The summed E-state index contributed by atoms with van der Waals surface area (Å²) < 4.78 is 12.0. The third-order valence-corrected chi connectivity index (χ3v) is 6.62. The fraction of sp³-hybridized carbons (Fsp3) is 0.560. The zero-order valence-electron chi connectivity index (χ0n) is 18.6. The molecule has 0 aliphatic heterocycles. The summed E-state index contributed by atoms with van der Waals surface area (Å²) in [4.78, 5) is 20.4. The Balaban J connectivity index is 1.47. The predicted octanol–water partition coefficient (Wildman–Crippen LogP) is 6.99. The Morgan fingerprint density at radius 1 is 1.06 bits per heavy atom. The van der Waals surface area contributed by atoms with Crippen LogP contribution in [0.2, 0.25) is 0 Å². The van der Waals surface area contributed by atoms with Crippen LogP contribution in [0.3, 0.4) is 0 Å². The largest absolute Gasteiger partial charge is 0.490 e. The zero-order valence-corrected chi connectivity index (χ0v) is 20.2. The summed E-state index contributed by atoms with van der Waals surface area (Å²) in [5.74, 6) is 3.10.